The number of rotatable bonds is 6. The zero-order chi connectivity index (χ0) is 15.3. The molecule has 1 nitrogen and oxygen atoms in total. The zero-order valence-corrected chi connectivity index (χ0v) is 12.6. The van der Waals surface area contributed by atoms with Gasteiger partial charge in [0.05, 0.1) is 5.56 Å². The first-order valence-corrected chi connectivity index (χ1v) is 7.79. The van der Waals surface area contributed by atoms with E-state index in [0.717, 1.165) is 19.0 Å². The standard InChI is InChI=1S/C16H18F3NS/c1-2-20-14(11-15-7-4-8-21-15)10-12-5-3-6-13(9-12)16(17,18)19/h3-9,14,20H,2,10-11H2,1H3. The third-order valence-electron chi connectivity index (χ3n) is 3.26. The molecule has 0 saturated heterocycles. The molecule has 0 radical (unpaired) electrons. The highest BCUT2D eigenvalue weighted by Crippen LogP contribution is 2.29. The van der Waals surface area contributed by atoms with E-state index in [2.05, 4.69) is 11.4 Å². The molecule has 0 fully saturated rings. The van der Waals surface area contributed by atoms with Crippen molar-refractivity contribution in [1.82, 2.24) is 5.32 Å². The number of hydrogen-bond acceptors (Lipinski definition) is 2. The van der Waals surface area contributed by atoms with Gasteiger partial charge in [-0.1, -0.05) is 31.2 Å². The van der Waals surface area contributed by atoms with Crippen molar-refractivity contribution in [1.29, 1.82) is 0 Å². The maximum atomic E-state index is 12.7. The number of likely N-dealkylation sites (N-methyl/N-ethyl adjacent to an activating group) is 1. The van der Waals surface area contributed by atoms with E-state index in [4.69, 9.17) is 0 Å². The van der Waals surface area contributed by atoms with Crippen molar-refractivity contribution in [2.45, 2.75) is 32.0 Å². The lowest BCUT2D eigenvalue weighted by atomic mass is 10.0. The molecule has 0 spiro atoms. The number of thiophene rings is 1. The Hall–Kier alpha value is -1.33. The number of halogens is 3. The summed E-state index contributed by atoms with van der Waals surface area (Å²) in [6, 6.07) is 9.80. The Morgan fingerprint density at radius 2 is 1.95 bits per heavy atom. The molecule has 5 heteroatoms. The average Bonchev–Trinajstić information content (AvgIpc) is 2.91. The summed E-state index contributed by atoms with van der Waals surface area (Å²) in [5.74, 6) is 0. The first-order chi connectivity index (χ1) is 9.99. The molecule has 1 heterocycles. The van der Waals surface area contributed by atoms with Gasteiger partial charge in [-0.2, -0.15) is 13.2 Å². The van der Waals surface area contributed by atoms with Crippen molar-refractivity contribution in [3.63, 3.8) is 0 Å². The maximum absolute atomic E-state index is 12.7. The van der Waals surface area contributed by atoms with Gasteiger partial charge in [-0.3, -0.25) is 0 Å². The van der Waals surface area contributed by atoms with E-state index >= 15 is 0 Å². The maximum Gasteiger partial charge on any atom is 0.416 e. The van der Waals surface area contributed by atoms with Crippen molar-refractivity contribution in [3.8, 4) is 0 Å². The van der Waals surface area contributed by atoms with Gasteiger partial charge >= 0.3 is 6.18 Å². The van der Waals surface area contributed by atoms with Crippen LogP contribution in [0.15, 0.2) is 41.8 Å². The third-order valence-corrected chi connectivity index (χ3v) is 4.16. The SMILES string of the molecule is CCNC(Cc1cccc(C(F)(F)F)c1)Cc1cccs1. The van der Waals surface area contributed by atoms with Crippen LogP contribution in [0.1, 0.15) is 22.9 Å². The lowest BCUT2D eigenvalue weighted by Crippen LogP contribution is -2.32. The molecule has 0 aliphatic carbocycles. The summed E-state index contributed by atoms with van der Waals surface area (Å²) >= 11 is 1.68. The molecule has 1 aromatic heterocycles. The molecule has 2 rings (SSSR count). The Labute approximate surface area is 126 Å². The van der Waals surface area contributed by atoms with Crippen molar-refractivity contribution in [2.75, 3.05) is 6.54 Å². The molecule has 0 bridgehead atoms. The molecule has 0 aliphatic rings. The monoisotopic (exact) mass is 313 g/mol. The van der Waals surface area contributed by atoms with Gasteiger partial charge in [0.25, 0.3) is 0 Å². The van der Waals surface area contributed by atoms with E-state index in [1.54, 1.807) is 17.4 Å². The minimum Gasteiger partial charge on any atom is -0.314 e. The van der Waals surface area contributed by atoms with E-state index in [0.29, 0.717) is 12.0 Å². The molecule has 1 unspecified atom stereocenters. The quantitative estimate of drug-likeness (QED) is 0.826. The minimum absolute atomic E-state index is 0.150. The Balaban J connectivity index is 2.09. The summed E-state index contributed by atoms with van der Waals surface area (Å²) in [6.07, 6.45) is -2.85. The van der Waals surface area contributed by atoms with Crippen molar-refractivity contribution in [2.24, 2.45) is 0 Å². The van der Waals surface area contributed by atoms with Gasteiger partial charge in [-0.05, 0) is 42.5 Å². The van der Waals surface area contributed by atoms with Crippen LogP contribution in [0, 0.1) is 0 Å². The van der Waals surface area contributed by atoms with Gasteiger partial charge in [-0.25, -0.2) is 0 Å². The van der Waals surface area contributed by atoms with Gasteiger partial charge in [0, 0.05) is 10.9 Å². The summed E-state index contributed by atoms with van der Waals surface area (Å²) in [4.78, 5) is 1.24. The Morgan fingerprint density at radius 3 is 2.57 bits per heavy atom. The van der Waals surface area contributed by atoms with Gasteiger partial charge in [0.15, 0.2) is 0 Å². The minimum atomic E-state index is -4.28. The smallest absolute Gasteiger partial charge is 0.314 e. The Kier molecular flexibility index (Phi) is 5.42. The van der Waals surface area contributed by atoms with Gasteiger partial charge in [0.2, 0.25) is 0 Å². The predicted molar refractivity (Wildman–Crippen MR) is 80.6 cm³/mol. The van der Waals surface area contributed by atoms with Crippen molar-refractivity contribution < 1.29 is 13.2 Å². The van der Waals surface area contributed by atoms with Crippen molar-refractivity contribution >= 4 is 11.3 Å². The molecular formula is C16H18F3NS. The van der Waals surface area contributed by atoms with Crippen LogP contribution >= 0.6 is 11.3 Å². The van der Waals surface area contributed by atoms with E-state index in [1.165, 1.54) is 17.0 Å². The van der Waals surface area contributed by atoms with Crippen LogP contribution < -0.4 is 5.32 Å². The van der Waals surface area contributed by atoms with Crippen LogP contribution in [-0.4, -0.2) is 12.6 Å². The third kappa shape index (κ3) is 4.86. The molecule has 1 atom stereocenters. The lowest BCUT2D eigenvalue weighted by Gasteiger charge is -2.18. The summed E-state index contributed by atoms with van der Waals surface area (Å²) in [7, 11) is 0. The summed E-state index contributed by atoms with van der Waals surface area (Å²) in [5.41, 5.74) is 0.138. The first-order valence-electron chi connectivity index (χ1n) is 6.91. The average molecular weight is 313 g/mol. The van der Waals surface area contributed by atoms with E-state index < -0.39 is 11.7 Å². The van der Waals surface area contributed by atoms with Crippen LogP contribution in [0.2, 0.25) is 0 Å². The van der Waals surface area contributed by atoms with Gasteiger partial charge in [-0.15, -0.1) is 11.3 Å². The normalized spacial score (nSPS) is 13.3. The highest BCUT2D eigenvalue weighted by Gasteiger charge is 2.30. The molecule has 0 saturated carbocycles. The molecule has 0 aliphatic heterocycles. The molecular weight excluding hydrogens is 295 g/mol. The summed E-state index contributed by atoms with van der Waals surface area (Å²) in [6.45, 7) is 2.81. The fraction of sp³-hybridized carbons (Fsp3) is 0.375. The second-order valence-electron chi connectivity index (χ2n) is 4.94. The lowest BCUT2D eigenvalue weighted by molar-refractivity contribution is -0.137. The van der Waals surface area contributed by atoms with E-state index in [1.807, 2.05) is 18.4 Å². The predicted octanol–water partition coefficient (Wildman–Crippen LogP) is 4.53. The Bertz CT molecular complexity index is 549. The van der Waals surface area contributed by atoms with E-state index in [9.17, 15) is 13.2 Å². The number of alkyl halides is 3. The largest absolute Gasteiger partial charge is 0.416 e. The molecule has 2 aromatic rings. The van der Waals surface area contributed by atoms with Crippen LogP contribution in [0.25, 0.3) is 0 Å². The molecule has 0 amide bonds. The number of hydrogen-bond donors (Lipinski definition) is 1. The number of benzene rings is 1. The molecule has 21 heavy (non-hydrogen) atoms. The summed E-state index contributed by atoms with van der Waals surface area (Å²) < 4.78 is 38.2. The molecule has 1 N–H and O–H groups in total. The van der Waals surface area contributed by atoms with Gasteiger partial charge in [0.1, 0.15) is 0 Å². The van der Waals surface area contributed by atoms with Gasteiger partial charge < -0.3 is 5.32 Å². The first kappa shape index (κ1) is 16.0. The highest BCUT2D eigenvalue weighted by molar-refractivity contribution is 7.09. The highest BCUT2D eigenvalue weighted by atomic mass is 32.1. The number of nitrogens with one attached hydrogen (secondary N) is 1. The van der Waals surface area contributed by atoms with Crippen LogP contribution in [0.4, 0.5) is 13.2 Å². The molecule has 1 aromatic carbocycles. The topological polar surface area (TPSA) is 12.0 Å². The fourth-order valence-corrected chi connectivity index (χ4v) is 3.12. The second-order valence-corrected chi connectivity index (χ2v) is 5.97. The second kappa shape index (κ2) is 7.09. The van der Waals surface area contributed by atoms with E-state index in [-0.39, 0.29) is 6.04 Å². The summed E-state index contributed by atoms with van der Waals surface area (Å²) in [5, 5.41) is 5.37. The molecule has 114 valence electrons. The van der Waals surface area contributed by atoms with Crippen LogP contribution in [-0.2, 0) is 19.0 Å². The fourth-order valence-electron chi connectivity index (χ4n) is 2.34. The zero-order valence-electron chi connectivity index (χ0n) is 11.8. The Morgan fingerprint density at radius 1 is 1.14 bits per heavy atom. The van der Waals surface area contributed by atoms with Crippen molar-refractivity contribution in [3.05, 3.63) is 57.8 Å². The van der Waals surface area contributed by atoms with Crippen LogP contribution in [0.3, 0.4) is 0 Å². The van der Waals surface area contributed by atoms with Crippen LogP contribution in [0.5, 0.6) is 0 Å².